The lowest BCUT2D eigenvalue weighted by atomic mass is 9.95. The van der Waals surface area contributed by atoms with E-state index in [1.807, 2.05) is 0 Å². The van der Waals surface area contributed by atoms with E-state index in [-0.39, 0.29) is 11.5 Å². The van der Waals surface area contributed by atoms with Crippen molar-refractivity contribution in [2.24, 2.45) is 5.92 Å². The van der Waals surface area contributed by atoms with Gasteiger partial charge in [0.2, 0.25) is 0 Å². The topological polar surface area (TPSA) is 52.6 Å². The summed E-state index contributed by atoms with van der Waals surface area (Å²) in [5.74, 6) is -0.863. The second-order valence-electron chi connectivity index (χ2n) is 5.48. The molecule has 110 valence electrons. The van der Waals surface area contributed by atoms with Crippen LogP contribution >= 0.6 is 0 Å². The van der Waals surface area contributed by atoms with Crippen molar-refractivity contribution in [2.75, 3.05) is 26.7 Å². The van der Waals surface area contributed by atoms with Gasteiger partial charge in [-0.1, -0.05) is 0 Å². The zero-order chi connectivity index (χ0) is 14.5. The van der Waals surface area contributed by atoms with E-state index in [1.165, 1.54) is 18.9 Å². The lowest BCUT2D eigenvalue weighted by molar-refractivity contribution is 0.0948. The molecule has 0 spiro atoms. The number of hydrogen-bond donors (Lipinski definition) is 2. The van der Waals surface area contributed by atoms with Gasteiger partial charge in [0, 0.05) is 18.7 Å². The highest BCUT2D eigenvalue weighted by Crippen LogP contribution is 2.18. The number of rotatable bonds is 4. The number of hydrogen-bond acceptors (Lipinski definition) is 3. The molecule has 20 heavy (non-hydrogen) atoms. The second kappa shape index (κ2) is 6.70. The normalized spacial score (nSPS) is 19.8. The molecule has 0 bridgehead atoms. The Morgan fingerprint density at radius 2 is 2.35 bits per heavy atom. The van der Waals surface area contributed by atoms with Crippen LogP contribution in [-0.4, -0.2) is 42.6 Å². The van der Waals surface area contributed by atoms with E-state index < -0.39 is 11.6 Å². The van der Waals surface area contributed by atoms with E-state index in [2.05, 4.69) is 17.3 Å². The number of halogens is 1. The fourth-order valence-electron chi connectivity index (χ4n) is 2.65. The fraction of sp³-hybridized carbons (Fsp3) is 0.533. The summed E-state index contributed by atoms with van der Waals surface area (Å²) >= 11 is 0. The Hall–Kier alpha value is -1.62. The van der Waals surface area contributed by atoms with Crippen LogP contribution in [0.4, 0.5) is 4.39 Å². The van der Waals surface area contributed by atoms with E-state index in [0.29, 0.717) is 12.5 Å². The van der Waals surface area contributed by atoms with Crippen LogP contribution in [0.2, 0.25) is 0 Å². The van der Waals surface area contributed by atoms with Crippen LogP contribution in [0.25, 0.3) is 0 Å². The van der Waals surface area contributed by atoms with Gasteiger partial charge in [0.25, 0.3) is 5.91 Å². The number of nitrogens with zero attached hydrogens (tertiary/aromatic N) is 1. The van der Waals surface area contributed by atoms with Crippen molar-refractivity contribution in [1.82, 2.24) is 10.2 Å². The second-order valence-corrected chi connectivity index (χ2v) is 5.48. The van der Waals surface area contributed by atoms with Crippen LogP contribution < -0.4 is 5.32 Å². The molecule has 1 aliphatic heterocycles. The number of likely N-dealkylation sites (tertiary alicyclic amines) is 1. The first-order valence-corrected chi connectivity index (χ1v) is 7.01. The standard InChI is InChI=1S/C15H21FN2O2/c1-18-8-2-3-11(10-18)6-7-17-15(20)12-4-5-13(16)14(19)9-12/h4-5,9,11,19H,2-3,6-8,10H2,1H3,(H,17,20)/t11-/m0/s1. The van der Waals surface area contributed by atoms with Crippen LogP contribution in [0, 0.1) is 11.7 Å². The summed E-state index contributed by atoms with van der Waals surface area (Å²) in [7, 11) is 2.12. The number of carbonyl (C=O) groups excluding carboxylic acids is 1. The molecule has 2 N–H and O–H groups in total. The number of carbonyl (C=O) groups is 1. The Morgan fingerprint density at radius 3 is 3.05 bits per heavy atom. The number of amides is 1. The summed E-state index contributed by atoms with van der Waals surface area (Å²) in [6, 6.07) is 3.62. The predicted octanol–water partition coefficient (Wildman–Crippen LogP) is 1.99. The van der Waals surface area contributed by atoms with Crippen molar-refractivity contribution >= 4 is 5.91 Å². The number of phenols is 1. The SMILES string of the molecule is CN1CCC[C@@H](CCNC(=O)c2ccc(F)c(O)c2)C1. The summed E-state index contributed by atoms with van der Waals surface area (Å²) in [4.78, 5) is 14.2. The molecule has 1 aromatic carbocycles. The highest BCUT2D eigenvalue weighted by Gasteiger charge is 2.17. The minimum absolute atomic E-state index is 0.274. The van der Waals surface area contributed by atoms with Crippen molar-refractivity contribution in [1.29, 1.82) is 0 Å². The molecule has 0 aromatic heterocycles. The summed E-state index contributed by atoms with van der Waals surface area (Å²) in [6.07, 6.45) is 3.36. The number of phenolic OH excluding ortho intramolecular Hbond substituents is 1. The highest BCUT2D eigenvalue weighted by atomic mass is 19.1. The molecule has 1 saturated heterocycles. The molecule has 0 unspecified atom stereocenters. The van der Waals surface area contributed by atoms with Crippen LogP contribution in [0.1, 0.15) is 29.6 Å². The number of piperidine rings is 1. The third kappa shape index (κ3) is 3.93. The summed E-state index contributed by atoms with van der Waals surface area (Å²) in [5.41, 5.74) is 0.282. The molecule has 4 nitrogen and oxygen atoms in total. The first-order valence-electron chi connectivity index (χ1n) is 7.01. The number of aromatic hydroxyl groups is 1. The average molecular weight is 280 g/mol. The van der Waals surface area contributed by atoms with Gasteiger partial charge in [0.05, 0.1) is 0 Å². The maximum atomic E-state index is 12.9. The van der Waals surface area contributed by atoms with Gasteiger partial charge < -0.3 is 15.3 Å². The van der Waals surface area contributed by atoms with Gasteiger partial charge in [-0.15, -0.1) is 0 Å². The van der Waals surface area contributed by atoms with Crippen LogP contribution in [0.15, 0.2) is 18.2 Å². The molecule has 1 aliphatic rings. The molecule has 2 rings (SSSR count). The summed E-state index contributed by atoms with van der Waals surface area (Å²) < 4.78 is 12.9. The lowest BCUT2D eigenvalue weighted by Crippen LogP contribution is -2.34. The molecule has 5 heteroatoms. The third-order valence-electron chi connectivity index (χ3n) is 3.77. The first kappa shape index (κ1) is 14.8. The number of nitrogens with one attached hydrogen (secondary N) is 1. The lowest BCUT2D eigenvalue weighted by Gasteiger charge is -2.29. The van der Waals surface area contributed by atoms with Gasteiger partial charge in [-0.25, -0.2) is 4.39 Å². The van der Waals surface area contributed by atoms with Gasteiger partial charge in [0.15, 0.2) is 11.6 Å². The van der Waals surface area contributed by atoms with Gasteiger partial charge >= 0.3 is 0 Å². The van der Waals surface area contributed by atoms with E-state index in [4.69, 9.17) is 0 Å². The van der Waals surface area contributed by atoms with Gasteiger partial charge in [-0.2, -0.15) is 0 Å². The smallest absolute Gasteiger partial charge is 0.251 e. The average Bonchev–Trinajstić information content (AvgIpc) is 2.42. The van der Waals surface area contributed by atoms with E-state index in [1.54, 1.807) is 0 Å². The maximum absolute atomic E-state index is 12.9. The van der Waals surface area contributed by atoms with E-state index in [0.717, 1.165) is 31.6 Å². The van der Waals surface area contributed by atoms with E-state index >= 15 is 0 Å². The third-order valence-corrected chi connectivity index (χ3v) is 3.77. The summed E-state index contributed by atoms with van der Waals surface area (Å²) in [6.45, 7) is 2.83. The molecule has 0 aliphatic carbocycles. The van der Waals surface area contributed by atoms with Crippen LogP contribution in [-0.2, 0) is 0 Å². The number of benzene rings is 1. The van der Waals surface area contributed by atoms with Crippen molar-refractivity contribution in [3.8, 4) is 5.75 Å². The molecular weight excluding hydrogens is 259 g/mol. The van der Waals surface area contributed by atoms with Gasteiger partial charge in [0.1, 0.15) is 0 Å². The summed E-state index contributed by atoms with van der Waals surface area (Å²) in [5, 5.41) is 12.1. The molecule has 0 radical (unpaired) electrons. The fourth-order valence-corrected chi connectivity index (χ4v) is 2.65. The monoisotopic (exact) mass is 280 g/mol. The molecule has 0 saturated carbocycles. The first-order chi connectivity index (χ1) is 9.56. The largest absolute Gasteiger partial charge is 0.505 e. The predicted molar refractivity (Wildman–Crippen MR) is 75.2 cm³/mol. The Labute approximate surface area is 118 Å². The zero-order valence-corrected chi connectivity index (χ0v) is 11.7. The zero-order valence-electron chi connectivity index (χ0n) is 11.7. The van der Waals surface area contributed by atoms with Crippen LogP contribution in [0.5, 0.6) is 5.75 Å². The minimum Gasteiger partial charge on any atom is -0.505 e. The highest BCUT2D eigenvalue weighted by molar-refractivity contribution is 5.94. The Balaban J connectivity index is 1.78. The van der Waals surface area contributed by atoms with Crippen molar-refractivity contribution in [3.63, 3.8) is 0 Å². The van der Waals surface area contributed by atoms with Crippen molar-refractivity contribution < 1.29 is 14.3 Å². The van der Waals surface area contributed by atoms with E-state index in [9.17, 15) is 14.3 Å². The Kier molecular flexibility index (Phi) is 4.95. The molecule has 1 fully saturated rings. The van der Waals surface area contributed by atoms with Crippen LogP contribution in [0.3, 0.4) is 0 Å². The maximum Gasteiger partial charge on any atom is 0.251 e. The Bertz CT molecular complexity index is 479. The quantitative estimate of drug-likeness (QED) is 0.887. The Morgan fingerprint density at radius 1 is 1.55 bits per heavy atom. The molecule has 1 heterocycles. The molecule has 1 amide bonds. The van der Waals surface area contributed by atoms with Gasteiger partial charge in [-0.05, 0) is 57.0 Å². The molecular formula is C15H21FN2O2. The minimum atomic E-state index is -0.716. The molecule has 1 atom stereocenters. The van der Waals surface area contributed by atoms with Crippen molar-refractivity contribution in [3.05, 3.63) is 29.6 Å². The van der Waals surface area contributed by atoms with Gasteiger partial charge in [-0.3, -0.25) is 4.79 Å². The van der Waals surface area contributed by atoms with Crippen molar-refractivity contribution in [2.45, 2.75) is 19.3 Å². The molecule has 1 aromatic rings.